The van der Waals surface area contributed by atoms with E-state index >= 15 is 0 Å². The van der Waals surface area contributed by atoms with Crippen LogP contribution >= 0.6 is 0 Å². The van der Waals surface area contributed by atoms with Crippen LogP contribution in [-0.4, -0.2) is 29.0 Å². The van der Waals surface area contributed by atoms with Gasteiger partial charge >= 0.3 is 6.18 Å². The van der Waals surface area contributed by atoms with Crippen molar-refractivity contribution < 1.29 is 28.1 Å². The minimum Gasteiger partial charge on any atom is -0.394 e. The summed E-state index contributed by atoms with van der Waals surface area (Å²) in [6.07, 6.45) is -6.29. The third-order valence-corrected chi connectivity index (χ3v) is 2.49. The highest BCUT2D eigenvalue weighted by molar-refractivity contribution is 5.28. The number of rotatable bonds is 5. The summed E-state index contributed by atoms with van der Waals surface area (Å²) < 4.78 is 43.1. The number of hydrogen-bond donors (Lipinski definition) is 2. The van der Waals surface area contributed by atoms with Crippen LogP contribution in [0.25, 0.3) is 0 Å². The van der Waals surface area contributed by atoms with Gasteiger partial charge in [-0.25, -0.2) is 0 Å². The van der Waals surface area contributed by atoms with E-state index in [0.717, 1.165) is 6.07 Å². The van der Waals surface area contributed by atoms with E-state index in [-0.39, 0.29) is 12.2 Å². The molecule has 0 spiro atoms. The van der Waals surface area contributed by atoms with E-state index in [4.69, 9.17) is 9.84 Å². The van der Waals surface area contributed by atoms with Gasteiger partial charge in [0.15, 0.2) is 0 Å². The van der Waals surface area contributed by atoms with Crippen LogP contribution in [0, 0.1) is 0 Å². The maximum Gasteiger partial charge on any atom is 0.416 e. The molecule has 0 heterocycles. The molecule has 1 aromatic rings. The van der Waals surface area contributed by atoms with Crippen molar-refractivity contribution in [3.05, 3.63) is 35.4 Å². The predicted octanol–water partition coefficient (Wildman–Crippen LogP) is 1.96. The number of benzene rings is 1. The lowest BCUT2D eigenvalue weighted by atomic mass is 10.1. The first kappa shape index (κ1) is 14.9. The van der Waals surface area contributed by atoms with E-state index in [2.05, 4.69) is 0 Å². The van der Waals surface area contributed by atoms with Crippen molar-refractivity contribution in [1.29, 1.82) is 0 Å². The van der Waals surface area contributed by atoms with E-state index in [1.165, 1.54) is 25.1 Å². The van der Waals surface area contributed by atoms with Crippen molar-refractivity contribution >= 4 is 0 Å². The standard InChI is InChI=1S/C12H15F3O3/c1-8(17)11(6-16)18-7-9-4-2-3-5-10(9)12(13,14)15/h2-5,8,11,16-17H,6-7H2,1H3/t8-,11+/m1/s1. The molecule has 0 radical (unpaired) electrons. The van der Waals surface area contributed by atoms with Crippen molar-refractivity contribution in [2.45, 2.75) is 31.9 Å². The van der Waals surface area contributed by atoms with Gasteiger partial charge in [0.2, 0.25) is 0 Å². The van der Waals surface area contributed by atoms with Gasteiger partial charge in [0.25, 0.3) is 0 Å². The van der Waals surface area contributed by atoms with Crippen molar-refractivity contribution in [2.75, 3.05) is 6.61 Å². The van der Waals surface area contributed by atoms with Gasteiger partial charge in [-0.3, -0.25) is 0 Å². The Morgan fingerprint density at radius 2 is 1.89 bits per heavy atom. The molecule has 0 aliphatic heterocycles. The Bertz CT molecular complexity index is 377. The van der Waals surface area contributed by atoms with Crippen LogP contribution in [0.4, 0.5) is 13.2 Å². The molecule has 102 valence electrons. The molecule has 2 N–H and O–H groups in total. The predicted molar refractivity (Wildman–Crippen MR) is 58.8 cm³/mol. The minimum absolute atomic E-state index is 0.0240. The van der Waals surface area contributed by atoms with Gasteiger partial charge in [-0.2, -0.15) is 13.2 Å². The van der Waals surface area contributed by atoms with E-state index in [0.29, 0.717) is 0 Å². The Balaban J connectivity index is 2.79. The molecule has 0 saturated carbocycles. The molecule has 0 aromatic heterocycles. The molecule has 0 saturated heterocycles. The SMILES string of the molecule is C[C@@H](O)[C@H](CO)OCc1ccccc1C(F)(F)F. The Hall–Kier alpha value is -1.11. The third kappa shape index (κ3) is 3.97. The highest BCUT2D eigenvalue weighted by Crippen LogP contribution is 2.32. The molecule has 18 heavy (non-hydrogen) atoms. The van der Waals surface area contributed by atoms with E-state index < -0.39 is 30.6 Å². The monoisotopic (exact) mass is 264 g/mol. The summed E-state index contributed by atoms with van der Waals surface area (Å²) in [5, 5.41) is 18.1. The minimum atomic E-state index is -4.44. The molecule has 0 unspecified atom stereocenters. The quantitative estimate of drug-likeness (QED) is 0.854. The number of halogens is 3. The van der Waals surface area contributed by atoms with Crippen LogP contribution in [0.2, 0.25) is 0 Å². The molecule has 2 atom stereocenters. The largest absolute Gasteiger partial charge is 0.416 e. The van der Waals surface area contributed by atoms with E-state index in [9.17, 15) is 18.3 Å². The average molecular weight is 264 g/mol. The van der Waals surface area contributed by atoms with E-state index in [1.807, 2.05) is 0 Å². The molecular weight excluding hydrogens is 249 g/mol. The summed E-state index contributed by atoms with van der Waals surface area (Å²) in [4.78, 5) is 0. The molecule has 0 amide bonds. The molecule has 0 aliphatic rings. The maximum atomic E-state index is 12.7. The topological polar surface area (TPSA) is 49.7 Å². The second kappa shape index (κ2) is 6.17. The summed E-state index contributed by atoms with van der Waals surface area (Å²) in [6.45, 7) is 0.633. The maximum absolute atomic E-state index is 12.7. The number of hydrogen-bond acceptors (Lipinski definition) is 3. The van der Waals surface area contributed by atoms with Gasteiger partial charge in [-0.1, -0.05) is 18.2 Å². The normalized spacial score (nSPS) is 15.4. The van der Waals surface area contributed by atoms with Crippen LogP contribution in [0.1, 0.15) is 18.1 Å². The number of ether oxygens (including phenoxy) is 1. The van der Waals surface area contributed by atoms with Crippen LogP contribution in [0.15, 0.2) is 24.3 Å². The van der Waals surface area contributed by atoms with Crippen LogP contribution in [0.5, 0.6) is 0 Å². The molecule has 1 rings (SSSR count). The zero-order chi connectivity index (χ0) is 13.8. The van der Waals surface area contributed by atoms with Crippen molar-refractivity contribution in [1.82, 2.24) is 0 Å². The van der Waals surface area contributed by atoms with Gasteiger partial charge in [0, 0.05) is 0 Å². The Morgan fingerprint density at radius 1 is 1.28 bits per heavy atom. The average Bonchev–Trinajstić information content (AvgIpc) is 2.28. The summed E-state index contributed by atoms with van der Waals surface area (Å²) >= 11 is 0. The van der Waals surface area contributed by atoms with Crippen LogP contribution < -0.4 is 0 Å². The first-order valence-corrected chi connectivity index (χ1v) is 5.42. The summed E-state index contributed by atoms with van der Waals surface area (Å²) in [7, 11) is 0. The van der Waals surface area contributed by atoms with Gasteiger partial charge in [0.1, 0.15) is 6.10 Å². The number of aliphatic hydroxyl groups is 2. The van der Waals surface area contributed by atoms with Crippen molar-refractivity contribution in [2.24, 2.45) is 0 Å². The Labute approximate surface area is 103 Å². The van der Waals surface area contributed by atoms with Gasteiger partial charge in [0.05, 0.1) is 24.9 Å². The lowest BCUT2D eigenvalue weighted by molar-refractivity contribution is -0.139. The van der Waals surface area contributed by atoms with Crippen LogP contribution in [0.3, 0.4) is 0 Å². The molecule has 1 aromatic carbocycles. The Kier molecular flexibility index (Phi) is 5.13. The number of alkyl halides is 3. The molecule has 3 nitrogen and oxygen atoms in total. The van der Waals surface area contributed by atoms with E-state index in [1.54, 1.807) is 0 Å². The summed E-state index contributed by atoms with van der Waals surface area (Å²) in [5.41, 5.74) is -0.795. The molecule has 0 fully saturated rings. The second-order valence-corrected chi connectivity index (χ2v) is 3.93. The van der Waals surface area contributed by atoms with Gasteiger partial charge in [-0.15, -0.1) is 0 Å². The molecule has 0 aliphatic carbocycles. The second-order valence-electron chi connectivity index (χ2n) is 3.93. The first-order chi connectivity index (χ1) is 8.36. The lowest BCUT2D eigenvalue weighted by Crippen LogP contribution is -2.30. The first-order valence-electron chi connectivity index (χ1n) is 5.42. The van der Waals surface area contributed by atoms with Gasteiger partial charge in [-0.05, 0) is 18.6 Å². The summed E-state index contributed by atoms with van der Waals surface area (Å²) in [6, 6.07) is 5.04. The molecule has 0 bridgehead atoms. The van der Waals surface area contributed by atoms with Crippen molar-refractivity contribution in [3.63, 3.8) is 0 Å². The highest BCUT2D eigenvalue weighted by atomic mass is 19.4. The molecule has 6 heteroatoms. The van der Waals surface area contributed by atoms with Crippen molar-refractivity contribution in [3.8, 4) is 0 Å². The van der Waals surface area contributed by atoms with Gasteiger partial charge < -0.3 is 14.9 Å². The summed E-state index contributed by atoms with van der Waals surface area (Å²) in [5.74, 6) is 0. The Morgan fingerprint density at radius 3 is 2.39 bits per heavy atom. The smallest absolute Gasteiger partial charge is 0.394 e. The number of aliphatic hydroxyl groups excluding tert-OH is 2. The lowest BCUT2D eigenvalue weighted by Gasteiger charge is -2.19. The fourth-order valence-corrected chi connectivity index (χ4v) is 1.46. The third-order valence-electron chi connectivity index (χ3n) is 2.49. The molecular formula is C12H15F3O3. The highest BCUT2D eigenvalue weighted by Gasteiger charge is 2.33. The fraction of sp³-hybridized carbons (Fsp3) is 0.500. The zero-order valence-corrected chi connectivity index (χ0v) is 9.81. The zero-order valence-electron chi connectivity index (χ0n) is 9.81. The fourth-order valence-electron chi connectivity index (χ4n) is 1.46. The van der Waals surface area contributed by atoms with Crippen LogP contribution in [-0.2, 0) is 17.5 Å².